The van der Waals surface area contributed by atoms with Gasteiger partial charge in [0.25, 0.3) is 0 Å². The number of piperidine rings is 1. The maximum absolute atomic E-state index is 5.90. The molecule has 1 saturated carbocycles. The molecule has 0 spiro atoms. The second-order valence-electron chi connectivity index (χ2n) is 3.33. The van der Waals surface area contributed by atoms with Gasteiger partial charge in [-0.15, -0.1) is 0 Å². The Kier molecular flexibility index (Phi) is 0.649. The van der Waals surface area contributed by atoms with Gasteiger partial charge in [0.05, 0.1) is 0 Å². The summed E-state index contributed by atoms with van der Waals surface area (Å²) in [7, 11) is 2.14. The lowest BCUT2D eigenvalue weighted by Crippen LogP contribution is -2.30. The maximum atomic E-state index is 5.90. The normalized spacial score (nSPS) is 54.0. The molecule has 2 N–H and O–H groups in total. The summed E-state index contributed by atoms with van der Waals surface area (Å²) in [6.07, 6.45) is 1.28. The van der Waals surface area contributed by atoms with Crippen molar-refractivity contribution in [1.29, 1.82) is 0 Å². The van der Waals surface area contributed by atoms with Crippen LogP contribution in [0.3, 0.4) is 0 Å². The van der Waals surface area contributed by atoms with Gasteiger partial charge in [-0.2, -0.15) is 0 Å². The van der Waals surface area contributed by atoms with Crippen molar-refractivity contribution in [3.05, 3.63) is 0 Å². The van der Waals surface area contributed by atoms with Crippen molar-refractivity contribution in [2.45, 2.75) is 12.0 Å². The van der Waals surface area contributed by atoms with Crippen molar-refractivity contribution >= 4 is 0 Å². The third kappa shape index (κ3) is 0.446. The first kappa shape index (κ1) is 4.77. The van der Waals surface area contributed by atoms with E-state index in [1.807, 2.05) is 0 Å². The Balaban J connectivity index is 2.10. The van der Waals surface area contributed by atoms with Crippen LogP contribution in [0.25, 0.3) is 0 Å². The quantitative estimate of drug-likeness (QED) is 0.464. The lowest BCUT2D eigenvalue weighted by atomic mass is 10.3. The van der Waals surface area contributed by atoms with Crippen molar-refractivity contribution in [3.63, 3.8) is 0 Å². The second kappa shape index (κ2) is 1.09. The number of nitrogens with zero attached hydrogens (tertiary/aromatic N) is 1. The first-order valence-electron chi connectivity index (χ1n) is 3.18. The molecule has 0 aromatic carbocycles. The summed E-state index contributed by atoms with van der Waals surface area (Å²) < 4.78 is 0. The first-order chi connectivity index (χ1) is 3.71. The highest BCUT2D eigenvalue weighted by molar-refractivity contribution is 5.14. The molecular formula is C6H12N2. The van der Waals surface area contributed by atoms with Crippen LogP contribution in [0.1, 0.15) is 6.42 Å². The minimum Gasteiger partial charge on any atom is -0.324 e. The van der Waals surface area contributed by atoms with E-state index in [2.05, 4.69) is 11.9 Å². The van der Waals surface area contributed by atoms with Gasteiger partial charge in [-0.05, 0) is 19.4 Å². The monoisotopic (exact) mass is 112 g/mol. The van der Waals surface area contributed by atoms with Gasteiger partial charge in [0.1, 0.15) is 0 Å². The summed E-state index contributed by atoms with van der Waals surface area (Å²) in [5, 5.41) is 0. The van der Waals surface area contributed by atoms with Crippen LogP contribution in [0.5, 0.6) is 0 Å². The summed E-state index contributed by atoms with van der Waals surface area (Å²) in [6, 6.07) is 0. The predicted molar refractivity (Wildman–Crippen MR) is 32.5 cm³/mol. The van der Waals surface area contributed by atoms with Crippen LogP contribution in [-0.2, 0) is 0 Å². The van der Waals surface area contributed by atoms with Gasteiger partial charge in [0.2, 0.25) is 0 Å². The SMILES string of the molecule is CN1C[C@H]2C[C@@]2(N)C1. The van der Waals surface area contributed by atoms with E-state index in [4.69, 9.17) is 5.73 Å². The number of hydrogen-bond donors (Lipinski definition) is 1. The number of rotatable bonds is 0. The molecule has 0 radical (unpaired) electrons. The second-order valence-corrected chi connectivity index (χ2v) is 3.33. The third-order valence-electron chi connectivity index (χ3n) is 2.38. The van der Waals surface area contributed by atoms with Gasteiger partial charge >= 0.3 is 0 Å². The van der Waals surface area contributed by atoms with Gasteiger partial charge in [-0.25, -0.2) is 0 Å². The standard InChI is InChI=1S/C6H12N2/c1-8-3-5-2-6(5,7)4-8/h5H,2-4,7H2,1H3/t5-,6-/m1/s1. The first-order valence-corrected chi connectivity index (χ1v) is 3.18. The lowest BCUT2D eigenvalue weighted by Gasteiger charge is -2.10. The molecule has 1 aliphatic carbocycles. The zero-order valence-corrected chi connectivity index (χ0v) is 5.22. The summed E-state index contributed by atoms with van der Waals surface area (Å²) >= 11 is 0. The summed E-state index contributed by atoms with van der Waals surface area (Å²) in [6.45, 7) is 2.36. The van der Waals surface area contributed by atoms with Crippen LogP contribution < -0.4 is 5.73 Å². The molecule has 1 saturated heterocycles. The van der Waals surface area contributed by atoms with E-state index in [-0.39, 0.29) is 5.54 Å². The molecule has 0 bridgehead atoms. The van der Waals surface area contributed by atoms with Crippen molar-refractivity contribution < 1.29 is 0 Å². The molecule has 0 aromatic heterocycles. The zero-order chi connectivity index (χ0) is 5.78. The third-order valence-corrected chi connectivity index (χ3v) is 2.38. The van der Waals surface area contributed by atoms with E-state index >= 15 is 0 Å². The fourth-order valence-electron chi connectivity index (χ4n) is 1.78. The van der Waals surface area contributed by atoms with E-state index in [0.29, 0.717) is 0 Å². The van der Waals surface area contributed by atoms with Crippen molar-refractivity contribution in [1.82, 2.24) is 4.90 Å². The molecule has 2 heteroatoms. The van der Waals surface area contributed by atoms with Gasteiger partial charge in [0.15, 0.2) is 0 Å². The molecule has 1 aliphatic heterocycles. The topological polar surface area (TPSA) is 29.3 Å². The van der Waals surface area contributed by atoms with Crippen molar-refractivity contribution in [3.8, 4) is 0 Å². The molecule has 2 atom stereocenters. The Morgan fingerprint density at radius 3 is 2.75 bits per heavy atom. The molecule has 2 aliphatic rings. The summed E-state index contributed by atoms with van der Waals surface area (Å²) in [4.78, 5) is 2.31. The number of fused-ring (bicyclic) bond motifs is 1. The van der Waals surface area contributed by atoms with E-state index in [9.17, 15) is 0 Å². The average molecular weight is 112 g/mol. The number of likely N-dealkylation sites (N-methyl/N-ethyl adjacent to an activating group) is 1. The molecule has 46 valence electrons. The smallest absolute Gasteiger partial charge is 0.0328 e. The molecule has 8 heavy (non-hydrogen) atoms. The minimum absolute atomic E-state index is 0.259. The summed E-state index contributed by atoms with van der Waals surface area (Å²) in [5.41, 5.74) is 6.16. The molecule has 0 amide bonds. The zero-order valence-electron chi connectivity index (χ0n) is 5.22. The molecule has 0 unspecified atom stereocenters. The Morgan fingerprint density at radius 1 is 1.75 bits per heavy atom. The molecule has 2 fully saturated rings. The van der Waals surface area contributed by atoms with Crippen LogP contribution in [-0.4, -0.2) is 30.6 Å². The lowest BCUT2D eigenvalue weighted by molar-refractivity contribution is 0.363. The number of nitrogens with two attached hydrogens (primary N) is 1. The Bertz CT molecular complexity index is 124. The average Bonchev–Trinajstić information content (AvgIpc) is 2.07. The number of likely N-dealkylation sites (tertiary alicyclic amines) is 1. The van der Waals surface area contributed by atoms with Crippen LogP contribution in [0, 0.1) is 5.92 Å². The van der Waals surface area contributed by atoms with Crippen LogP contribution in [0.15, 0.2) is 0 Å². The van der Waals surface area contributed by atoms with Gasteiger partial charge in [0, 0.05) is 18.6 Å². The Hall–Kier alpha value is -0.0800. The van der Waals surface area contributed by atoms with E-state index in [0.717, 1.165) is 12.5 Å². The fraction of sp³-hybridized carbons (Fsp3) is 1.00. The van der Waals surface area contributed by atoms with Crippen LogP contribution in [0.2, 0.25) is 0 Å². The number of hydrogen-bond acceptors (Lipinski definition) is 2. The molecule has 1 heterocycles. The highest BCUT2D eigenvalue weighted by atomic mass is 15.2. The van der Waals surface area contributed by atoms with Gasteiger partial charge in [-0.3, -0.25) is 0 Å². The summed E-state index contributed by atoms with van der Waals surface area (Å²) in [5.74, 6) is 0.840. The maximum Gasteiger partial charge on any atom is 0.0328 e. The van der Waals surface area contributed by atoms with Crippen molar-refractivity contribution in [2.75, 3.05) is 20.1 Å². The molecular weight excluding hydrogens is 100 g/mol. The minimum atomic E-state index is 0.259. The Morgan fingerprint density at radius 2 is 2.50 bits per heavy atom. The molecule has 2 nitrogen and oxygen atoms in total. The van der Waals surface area contributed by atoms with E-state index in [1.54, 1.807) is 0 Å². The largest absolute Gasteiger partial charge is 0.324 e. The highest BCUT2D eigenvalue weighted by Crippen LogP contribution is 2.46. The molecule has 0 aromatic rings. The van der Waals surface area contributed by atoms with Crippen LogP contribution in [0.4, 0.5) is 0 Å². The van der Waals surface area contributed by atoms with Crippen LogP contribution >= 0.6 is 0 Å². The fourth-order valence-corrected chi connectivity index (χ4v) is 1.78. The predicted octanol–water partition coefficient (Wildman–Crippen LogP) is -0.351. The highest BCUT2D eigenvalue weighted by Gasteiger charge is 2.56. The van der Waals surface area contributed by atoms with E-state index in [1.165, 1.54) is 13.0 Å². The van der Waals surface area contributed by atoms with Gasteiger partial charge in [-0.1, -0.05) is 0 Å². The molecule has 2 rings (SSSR count). The Labute approximate surface area is 49.7 Å². The van der Waals surface area contributed by atoms with E-state index < -0.39 is 0 Å². The van der Waals surface area contributed by atoms with Crippen molar-refractivity contribution in [2.24, 2.45) is 11.7 Å². The van der Waals surface area contributed by atoms with Gasteiger partial charge < -0.3 is 10.6 Å².